The zero-order valence-corrected chi connectivity index (χ0v) is 21.0. The van der Waals surface area contributed by atoms with Crippen molar-refractivity contribution in [3.05, 3.63) is 59.5 Å². The van der Waals surface area contributed by atoms with E-state index in [1.807, 2.05) is 18.2 Å². The Kier molecular flexibility index (Phi) is 6.67. The van der Waals surface area contributed by atoms with Gasteiger partial charge in [-0.3, -0.25) is 10.1 Å². The van der Waals surface area contributed by atoms with Gasteiger partial charge in [-0.2, -0.15) is 4.31 Å². The molecule has 5 rings (SSSR count). The van der Waals surface area contributed by atoms with Crippen molar-refractivity contribution in [2.75, 3.05) is 31.6 Å². The van der Waals surface area contributed by atoms with Crippen molar-refractivity contribution >= 4 is 21.9 Å². The zero-order valence-electron chi connectivity index (χ0n) is 20.1. The van der Waals surface area contributed by atoms with Gasteiger partial charge in [-0.1, -0.05) is 25.0 Å². The minimum absolute atomic E-state index is 0.0412. The Morgan fingerprint density at radius 1 is 1.00 bits per heavy atom. The number of amides is 1. The number of piperidine rings is 1. The first-order valence-corrected chi connectivity index (χ1v) is 13.3. The molecule has 0 bridgehead atoms. The molecule has 0 saturated carbocycles. The molecular weight excluding hydrogens is 484 g/mol. The van der Waals surface area contributed by atoms with Crippen molar-refractivity contribution in [3.8, 4) is 11.5 Å². The number of carbonyl (C=O) groups is 1. The number of rotatable bonds is 6. The molecule has 0 radical (unpaired) electrons. The molecule has 2 unspecified atom stereocenters. The van der Waals surface area contributed by atoms with Crippen LogP contribution in [0.25, 0.3) is 0 Å². The number of nitrogens with one attached hydrogen (secondary N) is 1. The molecule has 10 nitrogen and oxygen atoms in total. The van der Waals surface area contributed by atoms with Gasteiger partial charge in [0.25, 0.3) is 5.91 Å². The number of hydrogen-bond donors (Lipinski definition) is 1. The van der Waals surface area contributed by atoms with Gasteiger partial charge in [-0.05, 0) is 60.2 Å². The van der Waals surface area contributed by atoms with Gasteiger partial charge in [0.1, 0.15) is 13.2 Å². The van der Waals surface area contributed by atoms with E-state index in [1.54, 1.807) is 0 Å². The van der Waals surface area contributed by atoms with Crippen LogP contribution in [0.4, 0.5) is 6.01 Å². The maximum absolute atomic E-state index is 13.1. The Hall–Kier alpha value is -3.44. The van der Waals surface area contributed by atoms with E-state index >= 15 is 0 Å². The molecule has 1 fully saturated rings. The fourth-order valence-corrected chi connectivity index (χ4v) is 6.33. The summed E-state index contributed by atoms with van der Waals surface area (Å²) in [5, 5.41) is 10.4. The highest BCUT2D eigenvalue weighted by atomic mass is 32.2. The van der Waals surface area contributed by atoms with Gasteiger partial charge in [0.2, 0.25) is 15.9 Å². The van der Waals surface area contributed by atoms with Crippen molar-refractivity contribution < 1.29 is 27.1 Å². The van der Waals surface area contributed by atoms with Crippen molar-refractivity contribution in [2.45, 2.75) is 31.6 Å². The molecule has 1 saturated heterocycles. The summed E-state index contributed by atoms with van der Waals surface area (Å²) < 4.78 is 44.3. The van der Waals surface area contributed by atoms with Crippen LogP contribution in [0.15, 0.2) is 51.8 Å². The Morgan fingerprint density at radius 3 is 2.42 bits per heavy atom. The molecule has 3 heterocycles. The fraction of sp³-hybridized carbons (Fsp3) is 0.400. The number of aromatic nitrogens is 2. The molecule has 2 atom stereocenters. The van der Waals surface area contributed by atoms with Gasteiger partial charge in [0.15, 0.2) is 11.5 Å². The van der Waals surface area contributed by atoms with Crippen LogP contribution in [0.5, 0.6) is 11.5 Å². The van der Waals surface area contributed by atoms with Crippen LogP contribution in [-0.2, 0) is 16.4 Å². The summed E-state index contributed by atoms with van der Waals surface area (Å²) in [6.45, 7) is 6.14. The summed E-state index contributed by atoms with van der Waals surface area (Å²) in [4.78, 5) is 12.8. The standard InChI is InChI=1S/C25H28N4O6S/c1-16-11-17(2)15-29(14-16)36(31,32)20-6-4-19(5-7-20)24(30)26-25-28-27-23(35-25)13-18-3-8-21-22(12-18)34-10-9-33-21/h3-8,12,16-17H,9-11,13-15H2,1-2H3,(H,26,28,30). The first kappa shape index (κ1) is 24.3. The van der Waals surface area contributed by atoms with Crippen molar-refractivity contribution in [1.29, 1.82) is 0 Å². The summed E-state index contributed by atoms with van der Waals surface area (Å²) in [6.07, 6.45) is 1.37. The SMILES string of the molecule is CC1CC(C)CN(S(=O)(=O)c2ccc(C(=O)Nc3nnc(Cc4ccc5c(c4)OCCO5)o3)cc2)C1. The molecule has 190 valence electrons. The van der Waals surface area contributed by atoms with E-state index in [4.69, 9.17) is 13.9 Å². The van der Waals surface area contributed by atoms with Gasteiger partial charge < -0.3 is 13.9 Å². The van der Waals surface area contributed by atoms with E-state index in [9.17, 15) is 13.2 Å². The van der Waals surface area contributed by atoms with E-state index in [0.29, 0.717) is 61.9 Å². The van der Waals surface area contributed by atoms with E-state index in [2.05, 4.69) is 29.4 Å². The predicted octanol–water partition coefficient (Wildman–Crippen LogP) is 3.35. The van der Waals surface area contributed by atoms with Gasteiger partial charge in [-0.15, -0.1) is 5.10 Å². The molecule has 0 spiro atoms. The molecule has 2 aliphatic rings. The molecule has 36 heavy (non-hydrogen) atoms. The highest BCUT2D eigenvalue weighted by Gasteiger charge is 2.31. The van der Waals surface area contributed by atoms with Crippen molar-refractivity contribution in [2.24, 2.45) is 11.8 Å². The molecule has 1 N–H and O–H groups in total. The number of ether oxygens (including phenoxy) is 2. The fourth-order valence-electron chi connectivity index (χ4n) is 4.65. The average Bonchev–Trinajstić information content (AvgIpc) is 3.30. The second-order valence-electron chi connectivity index (χ2n) is 9.40. The third-order valence-electron chi connectivity index (χ3n) is 6.24. The largest absolute Gasteiger partial charge is 0.486 e. The molecule has 1 amide bonds. The van der Waals surface area contributed by atoms with Crippen LogP contribution >= 0.6 is 0 Å². The van der Waals surface area contributed by atoms with Crippen LogP contribution in [0, 0.1) is 11.8 Å². The number of benzene rings is 2. The topological polar surface area (TPSA) is 124 Å². The summed E-state index contributed by atoms with van der Waals surface area (Å²) in [5.74, 6) is 1.83. The Bertz CT molecular complexity index is 1350. The number of anilines is 1. The summed E-state index contributed by atoms with van der Waals surface area (Å²) >= 11 is 0. The molecular formula is C25H28N4O6S. The predicted molar refractivity (Wildman–Crippen MR) is 131 cm³/mol. The van der Waals surface area contributed by atoms with E-state index in [-0.39, 0.29) is 16.5 Å². The van der Waals surface area contributed by atoms with Crippen molar-refractivity contribution in [3.63, 3.8) is 0 Å². The van der Waals surface area contributed by atoms with Crippen LogP contribution in [-0.4, -0.2) is 55.1 Å². The van der Waals surface area contributed by atoms with Crippen LogP contribution in [0.3, 0.4) is 0 Å². The van der Waals surface area contributed by atoms with Crippen molar-refractivity contribution in [1.82, 2.24) is 14.5 Å². The minimum atomic E-state index is -3.62. The van der Waals surface area contributed by atoms with E-state index < -0.39 is 15.9 Å². The number of sulfonamides is 1. The van der Waals surface area contributed by atoms with E-state index in [1.165, 1.54) is 28.6 Å². The third-order valence-corrected chi connectivity index (χ3v) is 8.08. The smallest absolute Gasteiger partial charge is 0.322 e. The maximum Gasteiger partial charge on any atom is 0.322 e. The van der Waals surface area contributed by atoms with Gasteiger partial charge in [0, 0.05) is 18.7 Å². The van der Waals surface area contributed by atoms with Crippen LogP contribution < -0.4 is 14.8 Å². The first-order valence-electron chi connectivity index (χ1n) is 11.9. The van der Waals surface area contributed by atoms with Gasteiger partial charge in [-0.25, -0.2) is 8.42 Å². The highest BCUT2D eigenvalue weighted by molar-refractivity contribution is 7.89. The minimum Gasteiger partial charge on any atom is -0.486 e. The Balaban J connectivity index is 1.22. The zero-order chi connectivity index (χ0) is 25.3. The number of nitrogens with zero attached hydrogens (tertiary/aromatic N) is 3. The second kappa shape index (κ2) is 9.90. The van der Waals surface area contributed by atoms with E-state index in [0.717, 1.165) is 12.0 Å². The maximum atomic E-state index is 13.1. The molecule has 2 aromatic carbocycles. The van der Waals surface area contributed by atoms with Gasteiger partial charge in [0.05, 0.1) is 11.3 Å². The molecule has 3 aromatic rings. The van der Waals surface area contributed by atoms with Gasteiger partial charge >= 0.3 is 6.01 Å². The number of fused-ring (bicyclic) bond motifs is 1. The average molecular weight is 513 g/mol. The Morgan fingerprint density at radius 2 is 1.69 bits per heavy atom. The molecule has 2 aliphatic heterocycles. The monoisotopic (exact) mass is 512 g/mol. The summed E-state index contributed by atoms with van der Waals surface area (Å²) in [5.41, 5.74) is 1.18. The molecule has 0 aliphatic carbocycles. The summed E-state index contributed by atoms with van der Waals surface area (Å²) in [6, 6.07) is 11.4. The van der Waals surface area contributed by atoms with Crippen LogP contribution in [0.2, 0.25) is 0 Å². The summed E-state index contributed by atoms with van der Waals surface area (Å²) in [7, 11) is -3.62. The number of hydrogen-bond acceptors (Lipinski definition) is 8. The lowest BCUT2D eigenvalue weighted by atomic mass is 9.94. The molecule has 11 heteroatoms. The second-order valence-corrected chi connectivity index (χ2v) is 11.3. The first-order chi connectivity index (χ1) is 17.3. The highest BCUT2D eigenvalue weighted by Crippen LogP contribution is 2.31. The lowest BCUT2D eigenvalue weighted by molar-refractivity contribution is 0.102. The van der Waals surface area contributed by atoms with Crippen LogP contribution in [0.1, 0.15) is 42.1 Å². The lowest BCUT2D eigenvalue weighted by Gasteiger charge is -2.34. The quantitative estimate of drug-likeness (QED) is 0.533. The number of carbonyl (C=O) groups excluding carboxylic acids is 1. The normalized spacial score (nSPS) is 20.2. The third kappa shape index (κ3) is 5.21. The Labute approximate surface area is 209 Å². The molecule has 1 aromatic heterocycles. The lowest BCUT2D eigenvalue weighted by Crippen LogP contribution is -2.42.